The van der Waals surface area contributed by atoms with E-state index in [1.807, 2.05) is 6.08 Å². The molecule has 12 atom stereocenters. The third-order valence-electron chi connectivity index (χ3n) is 11.5. The molecule has 58 heavy (non-hydrogen) atoms. The lowest BCUT2D eigenvalue weighted by Crippen LogP contribution is -2.65. The van der Waals surface area contributed by atoms with Gasteiger partial charge in [0.2, 0.25) is 5.91 Å². The maximum Gasteiger partial charge on any atom is 0.220 e. The summed E-state index contributed by atoms with van der Waals surface area (Å²) in [6.45, 7) is 2.73. The molecule has 0 aromatic carbocycles. The van der Waals surface area contributed by atoms with E-state index in [2.05, 4.69) is 19.2 Å². The van der Waals surface area contributed by atoms with Crippen LogP contribution in [-0.2, 0) is 23.7 Å². The molecule has 0 spiro atoms. The summed E-state index contributed by atoms with van der Waals surface area (Å²) < 4.78 is 22.6. The molecular formula is C44H83NO13. The van der Waals surface area contributed by atoms with Crippen LogP contribution >= 0.6 is 0 Å². The summed E-state index contributed by atoms with van der Waals surface area (Å²) in [5, 5.41) is 86.3. The topological polar surface area (TPSA) is 228 Å². The maximum atomic E-state index is 13.1. The summed E-state index contributed by atoms with van der Waals surface area (Å²) in [5.74, 6) is -0.241. The van der Waals surface area contributed by atoms with Gasteiger partial charge in [0.25, 0.3) is 0 Å². The van der Waals surface area contributed by atoms with E-state index < -0.39 is 86.8 Å². The Hall–Kier alpha value is -1.27. The fourth-order valence-corrected chi connectivity index (χ4v) is 7.64. The normalized spacial score (nSPS) is 28.9. The second-order valence-corrected chi connectivity index (χ2v) is 16.5. The highest BCUT2D eigenvalue weighted by molar-refractivity contribution is 5.76. The first-order valence-corrected chi connectivity index (χ1v) is 22.9. The molecule has 0 aromatic rings. The molecule has 0 bridgehead atoms. The number of nitrogens with one attached hydrogen (secondary N) is 1. The van der Waals surface area contributed by atoms with Gasteiger partial charge >= 0.3 is 0 Å². The number of amides is 1. The van der Waals surface area contributed by atoms with Gasteiger partial charge in [-0.3, -0.25) is 4.79 Å². The number of hydrogen-bond donors (Lipinski definition) is 9. The van der Waals surface area contributed by atoms with E-state index in [4.69, 9.17) is 18.9 Å². The van der Waals surface area contributed by atoms with Crippen LogP contribution < -0.4 is 5.32 Å². The molecular weight excluding hydrogens is 750 g/mol. The summed E-state index contributed by atoms with van der Waals surface area (Å²) in [4.78, 5) is 13.1. The summed E-state index contributed by atoms with van der Waals surface area (Å²) in [6.07, 6.45) is 14.1. The summed E-state index contributed by atoms with van der Waals surface area (Å²) in [6, 6.07) is -0.905. The van der Waals surface area contributed by atoms with Gasteiger partial charge in [-0.1, -0.05) is 154 Å². The third-order valence-corrected chi connectivity index (χ3v) is 11.5. The molecule has 14 heteroatoms. The number of ether oxygens (including phenoxy) is 4. The lowest BCUT2D eigenvalue weighted by molar-refractivity contribution is -0.359. The van der Waals surface area contributed by atoms with Crippen LogP contribution in [0.2, 0.25) is 0 Å². The highest BCUT2D eigenvalue weighted by atomic mass is 16.7. The van der Waals surface area contributed by atoms with Crippen LogP contribution in [0.4, 0.5) is 0 Å². The summed E-state index contributed by atoms with van der Waals surface area (Å²) >= 11 is 0. The van der Waals surface area contributed by atoms with E-state index in [9.17, 15) is 45.6 Å². The van der Waals surface area contributed by atoms with E-state index in [1.54, 1.807) is 6.08 Å². The molecule has 0 saturated carbocycles. The Bertz CT molecular complexity index is 1040. The SMILES string of the molecule is CCCCCCCCC/C=C/C(O)C(COC1OC(CO)C(OC2OC(CO)C(O)C(O)C2O)C(O)C1O)NC(=O)CCCCCCCCCCCCCCCCC. The zero-order valence-electron chi connectivity index (χ0n) is 35.8. The lowest BCUT2D eigenvalue weighted by Gasteiger charge is -2.46. The third kappa shape index (κ3) is 20.5. The molecule has 0 aromatic heterocycles. The Kier molecular flexibility index (Phi) is 29.6. The summed E-state index contributed by atoms with van der Waals surface area (Å²) in [5.41, 5.74) is 0. The van der Waals surface area contributed by atoms with Crippen LogP contribution in [0.5, 0.6) is 0 Å². The monoisotopic (exact) mass is 834 g/mol. The van der Waals surface area contributed by atoms with Crippen molar-refractivity contribution in [1.82, 2.24) is 5.32 Å². The maximum absolute atomic E-state index is 13.1. The van der Waals surface area contributed by atoms with E-state index in [0.717, 1.165) is 38.5 Å². The second-order valence-electron chi connectivity index (χ2n) is 16.5. The van der Waals surface area contributed by atoms with Crippen LogP contribution in [-0.4, -0.2) is 140 Å². The zero-order chi connectivity index (χ0) is 42.5. The van der Waals surface area contributed by atoms with Crippen molar-refractivity contribution in [3.05, 3.63) is 12.2 Å². The van der Waals surface area contributed by atoms with Crippen molar-refractivity contribution >= 4 is 5.91 Å². The minimum Gasteiger partial charge on any atom is -0.394 e. The van der Waals surface area contributed by atoms with Gasteiger partial charge in [0.15, 0.2) is 12.6 Å². The number of unbranched alkanes of at least 4 members (excludes halogenated alkanes) is 21. The Balaban J connectivity index is 1.87. The number of aliphatic hydroxyl groups excluding tert-OH is 8. The van der Waals surface area contributed by atoms with Gasteiger partial charge in [-0.15, -0.1) is 0 Å². The Morgan fingerprint density at radius 3 is 1.59 bits per heavy atom. The first kappa shape index (κ1) is 52.9. The number of carbonyl (C=O) groups excluding carboxylic acids is 1. The lowest BCUT2D eigenvalue weighted by atomic mass is 9.97. The van der Waals surface area contributed by atoms with Crippen molar-refractivity contribution in [3.63, 3.8) is 0 Å². The first-order chi connectivity index (χ1) is 28.1. The highest BCUT2D eigenvalue weighted by Crippen LogP contribution is 2.30. The van der Waals surface area contributed by atoms with Crippen molar-refractivity contribution in [2.24, 2.45) is 0 Å². The van der Waals surface area contributed by atoms with Crippen LogP contribution in [0, 0.1) is 0 Å². The van der Waals surface area contributed by atoms with Gasteiger partial charge in [-0.05, 0) is 19.3 Å². The Labute approximate surface area is 348 Å². The Morgan fingerprint density at radius 1 is 0.603 bits per heavy atom. The fraction of sp³-hybridized carbons (Fsp3) is 0.932. The quantitative estimate of drug-likeness (QED) is 0.0324. The number of allylic oxidation sites excluding steroid dienone is 1. The Morgan fingerprint density at radius 2 is 1.07 bits per heavy atom. The second kappa shape index (κ2) is 32.4. The molecule has 14 nitrogen and oxygen atoms in total. The molecule has 9 N–H and O–H groups in total. The van der Waals surface area contributed by atoms with Gasteiger partial charge in [0, 0.05) is 6.42 Å². The average molecular weight is 834 g/mol. The van der Waals surface area contributed by atoms with Crippen LogP contribution in [0.1, 0.15) is 168 Å². The van der Waals surface area contributed by atoms with E-state index in [0.29, 0.717) is 6.42 Å². The molecule has 2 aliphatic heterocycles. The van der Waals surface area contributed by atoms with Crippen molar-refractivity contribution in [3.8, 4) is 0 Å². The molecule has 342 valence electrons. The number of rotatable bonds is 34. The van der Waals surface area contributed by atoms with E-state index in [-0.39, 0.29) is 18.9 Å². The molecule has 0 radical (unpaired) electrons. The molecule has 2 heterocycles. The smallest absolute Gasteiger partial charge is 0.220 e. The van der Waals surface area contributed by atoms with E-state index >= 15 is 0 Å². The van der Waals surface area contributed by atoms with Gasteiger partial charge < -0.3 is 65.1 Å². The average Bonchev–Trinajstić information content (AvgIpc) is 3.22. The molecule has 2 saturated heterocycles. The predicted octanol–water partition coefficient (Wildman–Crippen LogP) is 4.43. The van der Waals surface area contributed by atoms with Gasteiger partial charge in [0.05, 0.1) is 32.0 Å². The van der Waals surface area contributed by atoms with Crippen LogP contribution in [0.3, 0.4) is 0 Å². The minimum atomic E-state index is -1.78. The predicted molar refractivity (Wildman–Crippen MR) is 222 cm³/mol. The molecule has 2 fully saturated rings. The molecule has 12 unspecified atom stereocenters. The van der Waals surface area contributed by atoms with Gasteiger partial charge in [-0.2, -0.15) is 0 Å². The largest absolute Gasteiger partial charge is 0.394 e. The molecule has 2 rings (SSSR count). The summed E-state index contributed by atoms with van der Waals surface area (Å²) in [7, 11) is 0. The van der Waals surface area contributed by atoms with Crippen molar-refractivity contribution < 1.29 is 64.6 Å². The first-order valence-electron chi connectivity index (χ1n) is 22.9. The van der Waals surface area contributed by atoms with Crippen LogP contribution in [0.15, 0.2) is 12.2 Å². The minimum absolute atomic E-state index is 0.241. The highest BCUT2D eigenvalue weighted by Gasteiger charge is 2.50. The van der Waals surface area contributed by atoms with E-state index in [1.165, 1.54) is 103 Å². The fourth-order valence-electron chi connectivity index (χ4n) is 7.64. The molecule has 1 amide bonds. The van der Waals surface area contributed by atoms with Crippen molar-refractivity contribution in [1.29, 1.82) is 0 Å². The molecule has 0 aliphatic carbocycles. The number of carbonyl (C=O) groups is 1. The number of hydrogen-bond acceptors (Lipinski definition) is 13. The van der Waals surface area contributed by atoms with Crippen LogP contribution in [0.25, 0.3) is 0 Å². The zero-order valence-corrected chi connectivity index (χ0v) is 35.8. The van der Waals surface area contributed by atoms with Gasteiger partial charge in [0.1, 0.15) is 48.8 Å². The number of aliphatic hydroxyl groups is 8. The van der Waals surface area contributed by atoms with Crippen molar-refractivity contribution in [2.45, 2.75) is 242 Å². The molecule has 2 aliphatic rings. The van der Waals surface area contributed by atoms with Crippen molar-refractivity contribution in [2.75, 3.05) is 19.8 Å². The standard InChI is InChI=1S/C44H83NO13/c1-3-5-7-9-11-13-14-15-16-17-18-20-22-24-26-28-36(49)45-32(33(48)27-25-23-21-19-12-10-8-6-4-2)31-55-43-41(54)39(52)42(35(30-47)57-43)58-44-40(53)38(51)37(50)34(29-46)56-44/h25,27,32-35,37-44,46-48,50-54H,3-24,26,28-31H2,1-2H3,(H,45,49)/b27-25+. The van der Waals surface area contributed by atoms with Gasteiger partial charge in [-0.25, -0.2) is 0 Å².